The number of rotatable bonds is 2. The van der Waals surface area contributed by atoms with E-state index in [-0.39, 0.29) is 17.8 Å². The van der Waals surface area contributed by atoms with E-state index in [1.165, 1.54) is 35.6 Å². The van der Waals surface area contributed by atoms with E-state index in [1.54, 1.807) is 11.1 Å². The molecule has 140 valence electrons. The molecule has 1 amide bonds. The van der Waals surface area contributed by atoms with Crippen LogP contribution in [0, 0.1) is 5.82 Å². The number of aromatic nitrogens is 6. The Kier molecular flexibility index (Phi) is 3.86. The molecule has 5 rings (SSSR count). The van der Waals surface area contributed by atoms with Gasteiger partial charge in [0.25, 0.3) is 5.91 Å². The zero-order chi connectivity index (χ0) is 19.3. The second-order valence-electron chi connectivity index (χ2n) is 6.46. The minimum absolute atomic E-state index is 0.154. The van der Waals surface area contributed by atoms with Crippen LogP contribution in [0.25, 0.3) is 21.2 Å². The summed E-state index contributed by atoms with van der Waals surface area (Å²) in [6, 6.07) is 7.12. The van der Waals surface area contributed by atoms with E-state index in [1.807, 2.05) is 17.6 Å². The molecule has 0 bridgehead atoms. The molecule has 0 saturated heterocycles. The number of hydrogen-bond acceptors (Lipinski definition) is 7. The fourth-order valence-electron chi connectivity index (χ4n) is 3.37. The average molecular weight is 395 g/mol. The molecule has 28 heavy (non-hydrogen) atoms. The number of halogens is 1. The zero-order valence-corrected chi connectivity index (χ0v) is 15.6. The SMILES string of the molecule is CC1c2nnc(-c3nc4ccnnc4s3)n2CCN1C(=O)c1ccc(F)cc1. The topological polar surface area (TPSA) is 89.7 Å². The quantitative estimate of drug-likeness (QED) is 0.518. The van der Waals surface area contributed by atoms with Gasteiger partial charge in [0.1, 0.15) is 11.3 Å². The molecule has 0 radical (unpaired) electrons. The van der Waals surface area contributed by atoms with E-state index < -0.39 is 0 Å². The second kappa shape index (κ2) is 6.41. The van der Waals surface area contributed by atoms with Crippen LogP contribution in [0.2, 0.25) is 0 Å². The maximum Gasteiger partial charge on any atom is 0.254 e. The Balaban J connectivity index is 1.47. The van der Waals surface area contributed by atoms with Gasteiger partial charge in [-0.2, -0.15) is 5.10 Å². The largest absolute Gasteiger partial charge is 0.327 e. The summed E-state index contributed by atoms with van der Waals surface area (Å²) >= 11 is 1.41. The van der Waals surface area contributed by atoms with Crippen LogP contribution in [0.4, 0.5) is 4.39 Å². The Hall–Kier alpha value is -3.27. The lowest BCUT2D eigenvalue weighted by Gasteiger charge is -2.33. The van der Waals surface area contributed by atoms with Crippen molar-refractivity contribution in [1.82, 2.24) is 34.8 Å². The van der Waals surface area contributed by atoms with Gasteiger partial charge in [0.15, 0.2) is 21.5 Å². The summed E-state index contributed by atoms with van der Waals surface area (Å²) in [6.07, 6.45) is 1.60. The monoisotopic (exact) mass is 395 g/mol. The maximum absolute atomic E-state index is 13.1. The second-order valence-corrected chi connectivity index (χ2v) is 7.43. The third-order valence-corrected chi connectivity index (χ3v) is 5.76. The lowest BCUT2D eigenvalue weighted by atomic mass is 10.1. The van der Waals surface area contributed by atoms with Crippen molar-refractivity contribution in [3.05, 3.63) is 53.7 Å². The van der Waals surface area contributed by atoms with Gasteiger partial charge in [-0.25, -0.2) is 9.37 Å². The van der Waals surface area contributed by atoms with Crippen molar-refractivity contribution in [1.29, 1.82) is 0 Å². The van der Waals surface area contributed by atoms with Gasteiger partial charge in [0.2, 0.25) is 0 Å². The van der Waals surface area contributed by atoms with Crippen LogP contribution in [-0.2, 0) is 6.54 Å². The number of hydrogen-bond donors (Lipinski definition) is 0. The first-order valence-corrected chi connectivity index (χ1v) is 9.51. The highest BCUT2D eigenvalue weighted by Gasteiger charge is 2.32. The van der Waals surface area contributed by atoms with Crippen molar-refractivity contribution in [3.8, 4) is 10.8 Å². The minimum Gasteiger partial charge on any atom is -0.327 e. The van der Waals surface area contributed by atoms with Crippen molar-refractivity contribution in [2.45, 2.75) is 19.5 Å². The molecule has 0 saturated carbocycles. The number of fused-ring (bicyclic) bond motifs is 2. The first kappa shape index (κ1) is 16.9. The number of amides is 1. The van der Waals surface area contributed by atoms with Crippen LogP contribution in [0.5, 0.6) is 0 Å². The summed E-state index contributed by atoms with van der Waals surface area (Å²) in [7, 11) is 0. The summed E-state index contributed by atoms with van der Waals surface area (Å²) in [4.78, 5) is 19.9. The molecule has 10 heteroatoms. The number of carbonyl (C=O) groups excluding carboxylic acids is 1. The van der Waals surface area contributed by atoms with Gasteiger partial charge >= 0.3 is 0 Å². The highest BCUT2D eigenvalue weighted by atomic mass is 32.1. The van der Waals surface area contributed by atoms with Crippen LogP contribution in [0.1, 0.15) is 29.1 Å². The maximum atomic E-state index is 13.1. The van der Waals surface area contributed by atoms with Gasteiger partial charge in [-0.1, -0.05) is 11.3 Å². The van der Waals surface area contributed by atoms with Crippen molar-refractivity contribution in [2.24, 2.45) is 0 Å². The summed E-state index contributed by atoms with van der Waals surface area (Å²) in [5, 5.41) is 17.3. The zero-order valence-electron chi connectivity index (χ0n) is 14.8. The minimum atomic E-state index is -0.367. The van der Waals surface area contributed by atoms with Gasteiger partial charge in [0, 0.05) is 18.7 Å². The normalized spacial score (nSPS) is 16.4. The van der Waals surface area contributed by atoms with Gasteiger partial charge in [0.05, 0.1) is 12.2 Å². The van der Waals surface area contributed by atoms with Crippen LogP contribution >= 0.6 is 11.3 Å². The Morgan fingerprint density at radius 1 is 1.14 bits per heavy atom. The first-order valence-electron chi connectivity index (χ1n) is 8.70. The lowest BCUT2D eigenvalue weighted by Crippen LogP contribution is -2.41. The molecule has 4 heterocycles. The van der Waals surface area contributed by atoms with Crippen LogP contribution in [0.3, 0.4) is 0 Å². The molecule has 0 spiro atoms. The van der Waals surface area contributed by atoms with Crippen LogP contribution < -0.4 is 0 Å². The van der Waals surface area contributed by atoms with Gasteiger partial charge in [-0.3, -0.25) is 4.79 Å². The smallest absolute Gasteiger partial charge is 0.254 e. The number of carbonyl (C=O) groups is 1. The first-order chi connectivity index (χ1) is 13.6. The summed E-state index contributed by atoms with van der Waals surface area (Å²) in [5.41, 5.74) is 1.22. The molecular formula is C18H14FN7OS. The molecule has 0 aliphatic carbocycles. The van der Waals surface area contributed by atoms with E-state index in [0.717, 1.165) is 15.4 Å². The highest BCUT2D eigenvalue weighted by Crippen LogP contribution is 2.32. The van der Waals surface area contributed by atoms with Crippen molar-refractivity contribution in [3.63, 3.8) is 0 Å². The molecule has 0 N–H and O–H groups in total. The Bertz CT molecular complexity index is 1150. The van der Waals surface area contributed by atoms with Crippen molar-refractivity contribution < 1.29 is 9.18 Å². The van der Waals surface area contributed by atoms with E-state index in [4.69, 9.17) is 0 Å². The molecule has 4 aromatic rings. The van der Waals surface area contributed by atoms with Crippen molar-refractivity contribution in [2.75, 3.05) is 6.54 Å². The number of thiazole rings is 1. The van der Waals surface area contributed by atoms with Crippen LogP contribution in [0.15, 0.2) is 36.5 Å². The fraction of sp³-hybridized carbons (Fsp3) is 0.222. The van der Waals surface area contributed by atoms with E-state index in [0.29, 0.717) is 30.3 Å². The third-order valence-electron chi connectivity index (χ3n) is 4.81. The van der Waals surface area contributed by atoms with E-state index >= 15 is 0 Å². The molecule has 0 fully saturated rings. The molecule has 1 aromatic carbocycles. The summed E-state index contributed by atoms with van der Waals surface area (Å²) in [5.74, 6) is 0.840. The van der Waals surface area contributed by atoms with E-state index in [9.17, 15) is 9.18 Å². The molecule has 3 aromatic heterocycles. The van der Waals surface area contributed by atoms with Gasteiger partial charge < -0.3 is 9.47 Å². The fourth-order valence-corrected chi connectivity index (χ4v) is 4.24. The summed E-state index contributed by atoms with van der Waals surface area (Å²) < 4.78 is 15.1. The van der Waals surface area contributed by atoms with E-state index in [2.05, 4.69) is 25.4 Å². The molecule has 1 aliphatic heterocycles. The predicted molar refractivity (Wildman–Crippen MR) is 100 cm³/mol. The average Bonchev–Trinajstić information content (AvgIpc) is 3.32. The molecular weight excluding hydrogens is 381 g/mol. The molecule has 1 unspecified atom stereocenters. The highest BCUT2D eigenvalue weighted by molar-refractivity contribution is 7.21. The Labute approximate surface area is 162 Å². The Morgan fingerprint density at radius 2 is 1.96 bits per heavy atom. The predicted octanol–water partition coefficient (Wildman–Crippen LogP) is 2.70. The Morgan fingerprint density at radius 3 is 2.75 bits per heavy atom. The van der Waals surface area contributed by atoms with Crippen LogP contribution in [-0.4, -0.2) is 47.3 Å². The number of benzene rings is 1. The molecule has 1 atom stereocenters. The van der Waals surface area contributed by atoms with Crippen molar-refractivity contribution >= 4 is 27.6 Å². The van der Waals surface area contributed by atoms with Gasteiger partial charge in [-0.05, 0) is 37.3 Å². The molecule has 8 nitrogen and oxygen atoms in total. The standard InChI is InChI=1S/C18H14FN7OS/c1-10-14-22-23-15(17-21-13-6-7-20-24-16(13)28-17)26(14)9-8-25(10)18(27)11-2-4-12(19)5-3-11/h2-7,10H,8-9H2,1H3. The lowest BCUT2D eigenvalue weighted by molar-refractivity contribution is 0.0638. The number of nitrogens with zero attached hydrogens (tertiary/aromatic N) is 7. The van der Waals surface area contributed by atoms with Gasteiger partial charge in [-0.15, -0.1) is 15.3 Å². The summed E-state index contributed by atoms with van der Waals surface area (Å²) in [6.45, 7) is 2.96. The third kappa shape index (κ3) is 2.64. The molecule has 1 aliphatic rings.